The fourth-order valence-corrected chi connectivity index (χ4v) is 5.17. The molecule has 1 aliphatic carbocycles. The smallest absolute Gasteiger partial charge is 0.404 e. The summed E-state index contributed by atoms with van der Waals surface area (Å²) >= 11 is 0. The average Bonchev–Trinajstić information content (AvgIpc) is 3.04. The maximum absolute atomic E-state index is 14.2. The molecule has 4 rings (SSSR count). The van der Waals surface area contributed by atoms with E-state index in [9.17, 15) is 13.6 Å². The molecule has 0 amide bonds. The first-order chi connectivity index (χ1) is 13.8. The van der Waals surface area contributed by atoms with Crippen molar-refractivity contribution in [1.82, 2.24) is 9.47 Å². The van der Waals surface area contributed by atoms with Gasteiger partial charge in [-0.3, -0.25) is 9.47 Å². The van der Waals surface area contributed by atoms with Gasteiger partial charge in [0.1, 0.15) is 0 Å². The Morgan fingerprint density at radius 1 is 1.17 bits per heavy atom. The summed E-state index contributed by atoms with van der Waals surface area (Å²) in [6, 6.07) is 1.45. The van der Waals surface area contributed by atoms with Gasteiger partial charge in [-0.2, -0.15) is 4.39 Å². The van der Waals surface area contributed by atoms with Crippen LogP contribution >= 0.6 is 12.4 Å². The quantitative estimate of drug-likeness (QED) is 0.667. The number of ether oxygens (including phenoxy) is 1. The zero-order chi connectivity index (χ0) is 20.8. The highest BCUT2D eigenvalue weighted by Gasteiger charge is 2.39. The minimum atomic E-state index is -1.08. The predicted molar refractivity (Wildman–Crippen MR) is 115 cm³/mol. The zero-order valence-corrected chi connectivity index (χ0v) is 18.7. The molecule has 1 aliphatic heterocycles. The maximum atomic E-state index is 14.2. The van der Waals surface area contributed by atoms with Crippen LogP contribution in [0.3, 0.4) is 0 Å². The fourth-order valence-electron chi connectivity index (χ4n) is 5.17. The van der Waals surface area contributed by atoms with Crippen molar-refractivity contribution in [1.29, 1.82) is 0 Å². The summed E-state index contributed by atoms with van der Waals surface area (Å²) in [6.45, 7) is 8.40. The number of oxazole rings is 1. The minimum Gasteiger partial charge on any atom is -0.404 e. The second-order valence-electron chi connectivity index (χ2n) is 8.78. The summed E-state index contributed by atoms with van der Waals surface area (Å²) in [5, 5.41) is 0. The van der Waals surface area contributed by atoms with Gasteiger partial charge in [-0.25, -0.2) is 9.18 Å². The molecular weight excluding hydrogens is 414 g/mol. The van der Waals surface area contributed by atoms with Crippen molar-refractivity contribution in [3.05, 3.63) is 33.8 Å². The number of hydrogen-bond acceptors (Lipinski definition) is 4. The van der Waals surface area contributed by atoms with Crippen LogP contribution in [-0.4, -0.2) is 40.8 Å². The van der Waals surface area contributed by atoms with Crippen molar-refractivity contribution < 1.29 is 17.9 Å². The van der Waals surface area contributed by atoms with Crippen LogP contribution in [0.15, 0.2) is 15.3 Å². The van der Waals surface area contributed by atoms with E-state index in [1.54, 1.807) is 0 Å². The molecule has 0 unspecified atom stereocenters. The Kier molecular flexibility index (Phi) is 6.94. The average molecular weight is 445 g/mol. The fraction of sp³-hybridized carbons (Fsp3) is 0.682. The van der Waals surface area contributed by atoms with Gasteiger partial charge in [0.2, 0.25) is 5.82 Å². The summed E-state index contributed by atoms with van der Waals surface area (Å²) in [7, 11) is 0. The van der Waals surface area contributed by atoms with Gasteiger partial charge in [-0.1, -0.05) is 0 Å². The van der Waals surface area contributed by atoms with E-state index in [1.165, 1.54) is 17.6 Å². The van der Waals surface area contributed by atoms with Gasteiger partial charge in [0, 0.05) is 31.3 Å². The first-order valence-electron chi connectivity index (χ1n) is 10.7. The molecule has 1 saturated heterocycles. The molecule has 1 saturated carbocycles. The van der Waals surface area contributed by atoms with Crippen molar-refractivity contribution in [2.45, 2.75) is 77.0 Å². The topological polar surface area (TPSA) is 47.6 Å². The SMILES string of the molecule is CCOC1CCC(C)(N2CCC(n3c(=O)oc4c(F)c(F)c(C)cc43)CC2)CC1.Cl. The highest BCUT2D eigenvalue weighted by molar-refractivity contribution is 5.85. The third-order valence-corrected chi connectivity index (χ3v) is 6.97. The lowest BCUT2D eigenvalue weighted by atomic mass is 9.79. The van der Waals surface area contributed by atoms with Crippen molar-refractivity contribution in [2.75, 3.05) is 19.7 Å². The van der Waals surface area contributed by atoms with Gasteiger partial charge in [-0.05, 0) is 70.9 Å². The van der Waals surface area contributed by atoms with Crippen molar-refractivity contribution in [3.8, 4) is 0 Å². The van der Waals surface area contributed by atoms with Gasteiger partial charge >= 0.3 is 5.76 Å². The minimum absolute atomic E-state index is 0. The van der Waals surface area contributed by atoms with Crippen LogP contribution < -0.4 is 5.76 Å². The number of fused-ring (bicyclic) bond motifs is 1. The molecule has 2 aromatic rings. The van der Waals surface area contributed by atoms with Gasteiger partial charge in [0.05, 0.1) is 11.6 Å². The summed E-state index contributed by atoms with van der Waals surface area (Å²) in [5.41, 5.74) is 0.420. The molecule has 8 heteroatoms. The van der Waals surface area contributed by atoms with E-state index in [0.717, 1.165) is 58.2 Å². The van der Waals surface area contributed by atoms with Crippen molar-refractivity contribution >= 4 is 23.5 Å². The largest absolute Gasteiger partial charge is 0.420 e. The first kappa shape index (κ1) is 23.2. The van der Waals surface area contributed by atoms with E-state index >= 15 is 0 Å². The maximum Gasteiger partial charge on any atom is 0.420 e. The van der Waals surface area contributed by atoms with Crippen LogP contribution in [0.2, 0.25) is 0 Å². The molecule has 0 radical (unpaired) electrons. The van der Waals surface area contributed by atoms with E-state index in [4.69, 9.17) is 9.15 Å². The van der Waals surface area contributed by atoms with Gasteiger partial charge in [0.15, 0.2) is 11.4 Å². The molecule has 2 fully saturated rings. The monoisotopic (exact) mass is 444 g/mol. The summed E-state index contributed by atoms with van der Waals surface area (Å²) < 4.78 is 40.5. The molecular formula is C22H31ClF2N2O3. The number of likely N-dealkylation sites (tertiary alicyclic amines) is 1. The Morgan fingerprint density at radius 3 is 2.40 bits per heavy atom. The van der Waals surface area contributed by atoms with Gasteiger partial charge < -0.3 is 9.15 Å². The number of rotatable bonds is 4. The number of nitrogens with zero attached hydrogens (tertiary/aromatic N) is 2. The Balaban J connectivity index is 0.00000256. The molecule has 30 heavy (non-hydrogen) atoms. The summed E-state index contributed by atoms with van der Waals surface area (Å²) in [4.78, 5) is 15.0. The highest BCUT2D eigenvalue weighted by atomic mass is 35.5. The van der Waals surface area contributed by atoms with Crippen LogP contribution in [0.25, 0.3) is 11.1 Å². The summed E-state index contributed by atoms with van der Waals surface area (Å²) in [5.74, 6) is -2.64. The molecule has 0 N–H and O–H groups in total. The van der Waals surface area contributed by atoms with Crippen LogP contribution in [-0.2, 0) is 4.74 Å². The second-order valence-corrected chi connectivity index (χ2v) is 8.78. The van der Waals surface area contributed by atoms with Gasteiger partial charge in [-0.15, -0.1) is 12.4 Å². The number of aromatic nitrogens is 1. The molecule has 0 spiro atoms. The molecule has 1 aromatic carbocycles. The molecule has 5 nitrogen and oxygen atoms in total. The van der Waals surface area contributed by atoms with E-state index in [2.05, 4.69) is 11.8 Å². The van der Waals surface area contributed by atoms with E-state index in [1.807, 2.05) is 6.92 Å². The number of halogens is 3. The third-order valence-electron chi connectivity index (χ3n) is 6.97. The lowest BCUT2D eigenvalue weighted by molar-refractivity contribution is -0.0274. The van der Waals surface area contributed by atoms with E-state index in [0.29, 0.717) is 11.6 Å². The third kappa shape index (κ3) is 4.04. The standard InChI is InChI=1S/C22H30F2N2O3.ClH/c1-4-28-16-5-9-22(3,10-6-16)25-11-7-15(8-12-25)26-17-13-14(2)18(23)19(24)20(17)29-21(26)27;/h13,15-16H,4-12H2,1-3H3;1H. The molecule has 0 bridgehead atoms. The molecule has 0 atom stereocenters. The molecule has 1 aromatic heterocycles. The predicted octanol–water partition coefficient (Wildman–Crippen LogP) is 4.98. The van der Waals surface area contributed by atoms with Crippen molar-refractivity contribution in [3.63, 3.8) is 0 Å². The van der Waals surface area contributed by atoms with Crippen molar-refractivity contribution in [2.24, 2.45) is 0 Å². The molecule has 2 aliphatic rings. The number of piperidine rings is 1. The number of aryl methyl sites for hydroxylation is 1. The highest BCUT2D eigenvalue weighted by Crippen LogP contribution is 2.38. The Bertz CT molecular complexity index is 942. The summed E-state index contributed by atoms with van der Waals surface area (Å²) in [6.07, 6.45) is 6.34. The zero-order valence-electron chi connectivity index (χ0n) is 17.9. The van der Waals surface area contributed by atoms with Crippen LogP contribution in [0.5, 0.6) is 0 Å². The first-order valence-corrected chi connectivity index (χ1v) is 10.7. The number of hydrogen-bond donors (Lipinski definition) is 0. The lowest BCUT2D eigenvalue weighted by Crippen LogP contribution is -2.52. The Hall–Kier alpha value is -1.44. The van der Waals surface area contributed by atoms with E-state index in [-0.39, 0.29) is 35.1 Å². The Morgan fingerprint density at radius 2 is 1.80 bits per heavy atom. The lowest BCUT2D eigenvalue weighted by Gasteiger charge is -2.48. The van der Waals surface area contributed by atoms with Gasteiger partial charge in [0.25, 0.3) is 0 Å². The number of benzene rings is 1. The molecule has 2 heterocycles. The normalized spacial score (nSPS) is 26.1. The van der Waals surface area contributed by atoms with Crippen LogP contribution in [0, 0.1) is 18.6 Å². The molecule has 168 valence electrons. The van der Waals surface area contributed by atoms with E-state index < -0.39 is 17.4 Å². The van der Waals surface area contributed by atoms with Crippen LogP contribution in [0.1, 0.15) is 64.0 Å². The second kappa shape index (κ2) is 8.97. The Labute approximate surface area is 181 Å². The van der Waals surface area contributed by atoms with Crippen LogP contribution in [0.4, 0.5) is 8.78 Å².